The SMILES string of the molecule is CCOCC(=O)N(C)[C@H]1C[C@H]2CCN(C(=O)c3cnc4sccn4c3=O)C[C@H]2C1. The van der Waals surface area contributed by atoms with Gasteiger partial charge in [0.2, 0.25) is 5.91 Å². The van der Waals surface area contributed by atoms with E-state index < -0.39 is 0 Å². The number of ether oxygens (including phenoxy) is 1. The van der Waals surface area contributed by atoms with Crippen molar-refractivity contribution < 1.29 is 14.3 Å². The number of hydrogen-bond donors (Lipinski definition) is 0. The molecular weight excluding hydrogens is 392 g/mol. The van der Waals surface area contributed by atoms with E-state index in [4.69, 9.17) is 4.74 Å². The Hall–Kier alpha value is -2.26. The van der Waals surface area contributed by atoms with Gasteiger partial charge in [-0.3, -0.25) is 18.8 Å². The Bertz CT molecular complexity index is 971. The summed E-state index contributed by atoms with van der Waals surface area (Å²) in [7, 11) is 1.84. The third-order valence-electron chi connectivity index (χ3n) is 6.27. The molecule has 3 atom stereocenters. The van der Waals surface area contributed by atoms with Gasteiger partial charge in [0, 0.05) is 50.6 Å². The van der Waals surface area contributed by atoms with Gasteiger partial charge in [-0.15, -0.1) is 11.3 Å². The van der Waals surface area contributed by atoms with E-state index in [1.807, 2.05) is 14.0 Å². The van der Waals surface area contributed by atoms with E-state index in [9.17, 15) is 14.4 Å². The van der Waals surface area contributed by atoms with Gasteiger partial charge in [-0.2, -0.15) is 0 Å². The van der Waals surface area contributed by atoms with Gasteiger partial charge in [-0.1, -0.05) is 0 Å². The molecule has 0 aromatic carbocycles. The molecule has 156 valence electrons. The molecule has 2 fully saturated rings. The lowest BCUT2D eigenvalue weighted by atomic mass is 9.88. The lowest BCUT2D eigenvalue weighted by Crippen LogP contribution is -2.44. The minimum Gasteiger partial charge on any atom is -0.372 e. The minimum atomic E-state index is -0.311. The van der Waals surface area contributed by atoms with Gasteiger partial charge in [0.25, 0.3) is 11.5 Å². The molecule has 0 bridgehead atoms. The van der Waals surface area contributed by atoms with Crippen LogP contribution in [0.5, 0.6) is 0 Å². The first kappa shape index (κ1) is 20.0. The highest BCUT2D eigenvalue weighted by Gasteiger charge is 2.41. The van der Waals surface area contributed by atoms with E-state index in [1.165, 1.54) is 21.9 Å². The van der Waals surface area contributed by atoms with E-state index in [0.717, 1.165) is 19.3 Å². The van der Waals surface area contributed by atoms with Gasteiger partial charge >= 0.3 is 0 Å². The van der Waals surface area contributed by atoms with Crippen molar-refractivity contribution in [2.75, 3.05) is 33.4 Å². The second-order valence-electron chi connectivity index (χ2n) is 7.86. The smallest absolute Gasteiger partial charge is 0.271 e. The molecule has 1 aliphatic heterocycles. The Morgan fingerprint density at radius 2 is 2.14 bits per heavy atom. The van der Waals surface area contributed by atoms with Crippen LogP contribution < -0.4 is 5.56 Å². The van der Waals surface area contributed by atoms with E-state index >= 15 is 0 Å². The molecule has 4 rings (SSSR count). The van der Waals surface area contributed by atoms with E-state index in [2.05, 4.69) is 4.98 Å². The summed E-state index contributed by atoms with van der Waals surface area (Å²) in [4.78, 5) is 46.3. The van der Waals surface area contributed by atoms with Crippen molar-refractivity contribution in [1.29, 1.82) is 0 Å². The molecule has 2 amide bonds. The number of rotatable bonds is 5. The van der Waals surface area contributed by atoms with Crippen LogP contribution in [0.2, 0.25) is 0 Å². The van der Waals surface area contributed by atoms with E-state index in [-0.39, 0.29) is 35.6 Å². The van der Waals surface area contributed by atoms with Crippen molar-refractivity contribution in [3.05, 3.63) is 33.7 Å². The van der Waals surface area contributed by atoms with Crippen molar-refractivity contribution in [1.82, 2.24) is 19.2 Å². The zero-order valence-electron chi connectivity index (χ0n) is 16.7. The highest BCUT2D eigenvalue weighted by Crippen LogP contribution is 2.40. The fraction of sp³-hybridized carbons (Fsp3) is 0.600. The molecule has 29 heavy (non-hydrogen) atoms. The number of piperidine rings is 1. The molecule has 3 heterocycles. The maximum Gasteiger partial charge on any atom is 0.271 e. The lowest BCUT2D eigenvalue weighted by molar-refractivity contribution is -0.136. The number of aromatic nitrogens is 2. The number of likely N-dealkylation sites (tertiary alicyclic amines) is 1. The fourth-order valence-electron chi connectivity index (χ4n) is 4.59. The molecule has 8 nitrogen and oxygen atoms in total. The monoisotopic (exact) mass is 418 g/mol. The van der Waals surface area contributed by atoms with Gasteiger partial charge in [0.15, 0.2) is 4.96 Å². The molecule has 1 aliphatic carbocycles. The second kappa shape index (κ2) is 8.23. The first-order valence-corrected chi connectivity index (χ1v) is 10.9. The van der Waals surface area contributed by atoms with Crippen molar-refractivity contribution >= 4 is 28.1 Å². The number of fused-ring (bicyclic) bond motifs is 2. The zero-order valence-corrected chi connectivity index (χ0v) is 17.6. The zero-order chi connectivity index (χ0) is 20.5. The Morgan fingerprint density at radius 3 is 2.93 bits per heavy atom. The number of nitrogens with zero attached hydrogens (tertiary/aromatic N) is 4. The fourth-order valence-corrected chi connectivity index (χ4v) is 5.27. The summed E-state index contributed by atoms with van der Waals surface area (Å²) in [5.41, 5.74) is -0.188. The summed E-state index contributed by atoms with van der Waals surface area (Å²) >= 11 is 1.37. The lowest BCUT2D eigenvalue weighted by Gasteiger charge is -2.34. The molecule has 0 radical (unpaired) electrons. The molecule has 2 aliphatic rings. The first-order valence-electron chi connectivity index (χ1n) is 10.1. The number of thiazole rings is 1. The average molecular weight is 419 g/mol. The quantitative estimate of drug-likeness (QED) is 0.735. The van der Waals surface area contributed by atoms with Gasteiger partial charge in [0.05, 0.1) is 0 Å². The summed E-state index contributed by atoms with van der Waals surface area (Å²) in [6.45, 7) is 3.78. The third kappa shape index (κ3) is 3.81. The van der Waals surface area contributed by atoms with Crippen LogP contribution in [0.15, 0.2) is 22.6 Å². The normalized spacial score (nSPS) is 23.9. The molecule has 0 spiro atoms. The topological polar surface area (TPSA) is 84.2 Å². The van der Waals surface area contributed by atoms with Crippen molar-refractivity contribution in [3.63, 3.8) is 0 Å². The summed E-state index contributed by atoms with van der Waals surface area (Å²) in [6, 6.07) is 0.183. The van der Waals surface area contributed by atoms with Gasteiger partial charge in [0.1, 0.15) is 12.2 Å². The van der Waals surface area contributed by atoms with Crippen molar-refractivity contribution in [2.24, 2.45) is 11.8 Å². The van der Waals surface area contributed by atoms with Crippen LogP contribution in [0.4, 0.5) is 0 Å². The largest absolute Gasteiger partial charge is 0.372 e. The molecular formula is C20H26N4O4S. The highest BCUT2D eigenvalue weighted by atomic mass is 32.1. The molecule has 0 unspecified atom stereocenters. The summed E-state index contributed by atoms with van der Waals surface area (Å²) in [5, 5.41) is 1.78. The van der Waals surface area contributed by atoms with Crippen LogP contribution >= 0.6 is 11.3 Å². The highest BCUT2D eigenvalue weighted by molar-refractivity contribution is 7.15. The Morgan fingerprint density at radius 1 is 1.34 bits per heavy atom. The molecule has 1 saturated carbocycles. The predicted octanol–water partition coefficient (Wildman–Crippen LogP) is 1.49. The Kier molecular flexibility index (Phi) is 5.69. The molecule has 2 aromatic heterocycles. The molecule has 0 N–H and O–H groups in total. The van der Waals surface area contributed by atoms with Crippen LogP contribution in [-0.2, 0) is 9.53 Å². The summed E-state index contributed by atoms with van der Waals surface area (Å²) in [5.74, 6) is 0.614. The first-order chi connectivity index (χ1) is 14.0. The maximum absolute atomic E-state index is 13.0. The van der Waals surface area contributed by atoms with E-state index in [0.29, 0.717) is 36.5 Å². The second-order valence-corrected chi connectivity index (χ2v) is 8.73. The number of likely N-dealkylation sites (N-methyl/N-ethyl adjacent to an activating group) is 1. The number of hydrogen-bond acceptors (Lipinski definition) is 6. The van der Waals surface area contributed by atoms with Crippen LogP contribution in [0.25, 0.3) is 4.96 Å². The Labute approximate surface area is 173 Å². The molecule has 2 aromatic rings. The summed E-state index contributed by atoms with van der Waals surface area (Å²) < 4.78 is 6.67. The van der Waals surface area contributed by atoms with Crippen LogP contribution in [0.3, 0.4) is 0 Å². The minimum absolute atomic E-state index is 0.00610. The number of carbonyl (C=O) groups is 2. The number of carbonyl (C=O) groups excluding carboxylic acids is 2. The molecule has 1 saturated heterocycles. The maximum atomic E-state index is 13.0. The van der Waals surface area contributed by atoms with Crippen molar-refractivity contribution in [2.45, 2.75) is 32.2 Å². The summed E-state index contributed by atoms with van der Waals surface area (Å²) in [6.07, 6.45) is 5.79. The third-order valence-corrected chi connectivity index (χ3v) is 7.04. The molecule has 9 heteroatoms. The van der Waals surface area contributed by atoms with Crippen molar-refractivity contribution in [3.8, 4) is 0 Å². The van der Waals surface area contributed by atoms with Crippen LogP contribution in [-0.4, -0.2) is 70.4 Å². The van der Waals surface area contributed by atoms with Gasteiger partial charge < -0.3 is 14.5 Å². The Balaban J connectivity index is 1.43. The van der Waals surface area contributed by atoms with Gasteiger partial charge in [-0.25, -0.2) is 4.98 Å². The van der Waals surface area contributed by atoms with Crippen LogP contribution in [0, 0.1) is 11.8 Å². The predicted molar refractivity (Wildman–Crippen MR) is 109 cm³/mol. The van der Waals surface area contributed by atoms with E-state index in [1.54, 1.807) is 21.4 Å². The van der Waals surface area contributed by atoms with Crippen LogP contribution in [0.1, 0.15) is 36.5 Å². The number of amides is 2. The van der Waals surface area contributed by atoms with Gasteiger partial charge in [-0.05, 0) is 38.0 Å². The standard InChI is InChI=1S/C20H26N4O4S/c1-3-28-12-17(25)22(2)15-8-13-4-5-23(11-14(13)9-15)18(26)16-10-21-20-24(19(16)27)6-7-29-20/h6-7,10,13-15H,3-5,8-9,11-12H2,1-2H3/t13-,14-,15+/m1/s1. The average Bonchev–Trinajstić information content (AvgIpc) is 3.37.